The number of nitrogens with one attached hydrogen (secondary N) is 1. The zero-order valence-corrected chi connectivity index (χ0v) is 14.0. The maximum absolute atomic E-state index is 12.3. The number of carbonyl (C=O) groups excluding carboxylic acids is 2. The Morgan fingerprint density at radius 3 is 2.52 bits per heavy atom. The van der Waals surface area contributed by atoms with Gasteiger partial charge in [-0.1, -0.05) is 18.2 Å². The van der Waals surface area contributed by atoms with Crippen molar-refractivity contribution < 1.29 is 19.1 Å². The minimum Gasteiger partial charge on any atom is -0.461 e. The number of hydrogen-bond donors (Lipinski definition) is 1. The number of benzene rings is 1. The topological polar surface area (TPSA) is 99.5 Å². The van der Waals surface area contributed by atoms with Gasteiger partial charge >= 0.3 is 5.97 Å². The number of nitrogens with zero attached hydrogens (tertiary/aromatic N) is 2. The Kier molecular flexibility index (Phi) is 6.41. The van der Waals surface area contributed by atoms with E-state index >= 15 is 0 Å². The second-order valence-corrected chi connectivity index (χ2v) is 4.90. The van der Waals surface area contributed by atoms with E-state index in [1.807, 2.05) is 0 Å². The molecular formula is C17H19N3O5. The molecule has 0 spiro atoms. The Balaban J connectivity index is 2.44. The van der Waals surface area contributed by atoms with Crippen molar-refractivity contribution in [2.24, 2.45) is 0 Å². The minimum atomic E-state index is -0.737. The lowest BCUT2D eigenvalue weighted by atomic mass is 10.3. The van der Waals surface area contributed by atoms with Crippen molar-refractivity contribution >= 4 is 17.6 Å². The van der Waals surface area contributed by atoms with Crippen LogP contribution in [-0.2, 0) is 14.3 Å². The predicted molar refractivity (Wildman–Crippen MR) is 90.9 cm³/mol. The van der Waals surface area contributed by atoms with Crippen LogP contribution in [0.2, 0.25) is 0 Å². The average molecular weight is 345 g/mol. The van der Waals surface area contributed by atoms with Gasteiger partial charge in [-0.3, -0.25) is 9.59 Å². The minimum absolute atomic E-state index is 0.0136. The van der Waals surface area contributed by atoms with Crippen LogP contribution in [0.25, 0.3) is 5.69 Å². The highest BCUT2D eigenvalue weighted by molar-refractivity contribution is 6.00. The summed E-state index contributed by atoms with van der Waals surface area (Å²) < 4.78 is 11.0. The summed E-state index contributed by atoms with van der Waals surface area (Å²) in [5.74, 6) is -1.23. The van der Waals surface area contributed by atoms with E-state index in [1.165, 1.54) is 0 Å². The number of ether oxygens (including phenoxy) is 2. The molecule has 2 aromatic rings. The maximum Gasteiger partial charge on any atom is 0.360 e. The van der Waals surface area contributed by atoms with Crippen molar-refractivity contribution in [1.29, 1.82) is 0 Å². The molecule has 0 bridgehead atoms. The van der Waals surface area contributed by atoms with E-state index in [9.17, 15) is 14.4 Å². The number of hydrogen-bond acceptors (Lipinski definition) is 6. The molecule has 1 aromatic heterocycles. The van der Waals surface area contributed by atoms with Gasteiger partial charge in [-0.15, -0.1) is 0 Å². The number of esters is 1. The molecule has 0 aliphatic heterocycles. The lowest BCUT2D eigenvalue weighted by Gasteiger charge is -2.12. The summed E-state index contributed by atoms with van der Waals surface area (Å²) in [4.78, 5) is 36.4. The van der Waals surface area contributed by atoms with Crippen molar-refractivity contribution in [3.05, 3.63) is 52.4 Å². The molecular weight excluding hydrogens is 326 g/mol. The number of aromatic nitrogens is 2. The highest BCUT2D eigenvalue weighted by Crippen LogP contribution is 2.13. The molecule has 132 valence electrons. The van der Waals surface area contributed by atoms with Gasteiger partial charge in [0.25, 0.3) is 5.56 Å². The summed E-state index contributed by atoms with van der Waals surface area (Å²) in [6, 6.07) is 9.77. The van der Waals surface area contributed by atoms with Gasteiger partial charge < -0.3 is 14.8 Å². The van der Waals surface area contributed by atoms with Crippen molar-refractivity contribution in [3.8, 4) is 5.69 Å². The van der Waals surface area contributed by atoms with E-state index in [0.29, 0.717) is 12.3 Å². The molecule has 1 N–H and O–H groups in total. The Hall–Kier alpha value is -3.00. The van der Waals surface area contributed by atoms with Crippen LogP contribution in [0.4, 0.5) is 5.69 Å². The molecule has 0 atom stereocenters. The van der Waals surface area contributed by atoms with Crippen molar-refractivity contribution in [2.45, 2.75) is 13.8 Å². The fourth-order valence-electron chi connectivity index (χ4n) is 2.04. The predicted octanol–water partition coefficient (Wildman–Crippen LogP) is 1.38. The molecule has 0 saturated heterocycles. The standard InChI is InChI=1S/C17H19N3O5/c1-3-24-11-14(21)18-13-10-15(22)20(12-8-6-5-7-9-12)19-16(13)17(23)25-4-2/h5-10H,3-4,11H2,1-2H3,(H,18,21). The first kappa shape index (κ1) is 18.3. The molecule has 0 aliphatic carbocycles. The van der Waals surface area contributed by atoms with E-state index in [1.54, 1.807) is 44.2 Å². The van der Waals surface area contributed by atoms with Gasteiger partial charge in [0.1, 0.15) is 6.61 Å². The first-order valence-electron chi connectivity index (χ1n) is 7.81. The molecule has 1 aromatic carbocycles. The Morgan fingerprint density at radius 2 is 1.88 bits per heavy atom. The SMILES string of the molecule is CCOCC(=O)Nc1cc(=O)n(-c2ccccc2)nc1C(=O)OCC. The molecule has 0 aliphatic rings. The van der Waals surface area contributed by atoms with Gasteiger partial charge in [-0.2, -0.15) is 9.78 Å². The van der Waals surface area contributed by atoms with Gasteiger partial charge in [0.05, 0.1) is 18.0 Å². The highest BCUT2D eigenvalue weighted by atomic mass is 16.5. The van der Waals surface area contributed by atoms with Crippen LogP contribution in [0.15, 0.2) is 41.2 Å². The monoisotopic (exact) mass is 345 g/mol. The Labute approximate surface area is 144 Å². The van der Waals surface area contributed by atoms with Crippen LogP contribution in [0.3, 0.4) is 0 Å². The summed E-state index contributed by atoms with van der Waals surface area (Å²) >= 11 is 0. The summed E-state index contributed by atoms with van der Waals surface area (Å²) in [5.41, 5.74) is -0.174. The molecule has 0 fully saturated rings. The Bertz CT molecular complexity index is 802. The number of para-hydroxylation sites is 1. The molecule has 1 amide bonds. The summed E-state index contributed by atoms with van der Waals surface area (Å²) in [7, 11) is 0. The lowest BCUT2D eigenvalue weighted by molar-refractivity contribution is -0.120. The van der Waals surface area contributed by atoms with Crippen molar-refractivity contribution in [3.63, 3.8) is 0 Å². The van der Waals surface area contributed by atoms with Crippen LogP contribution in [0.5, 0.6) is 0 Å². The van der Waals surface area contributed by atoms with E-state index in [-0.39, 0.29) is 24.6 Å². The van der Waals surface area contributed by atoms with Crippen LogP contribution < -0.4 is 10.9 Å². The lowest BCUT2D eigenvalue weighted by Crippen LogP contribution is -2.28. The van der Waals surface area contributed by atoms with Gasteiger partial charge in [0.2, 0.25) is 5.91 Å². The molecule has 0 saturated carbocycles. The molecule has 2 rings (SSSR count). The van der Waals surface area contributed by atoms with Gasteiger partial charge in [0.15, 0.2) is 5.69 Å². The zero-order chi connectivity index (χ0) is 18.2. The largest absolute Gasteiger partial charge is 0.461 e. The van der Waals surface area contributed by atoms with Crippen LogP contribution in [0, 0.1) is 0 Å². The summed E-state index contributed by atoms with van der Waals surface area (Å²) in [5, 5.41) is 6.53. The third-order valence-corrected chi connectivity index (χ3v) is 3.11. The van der Waals surface area contributed by atoms with Crippen LogP contribution >= 0.6 is 0 Å². The number of anilines is 1. The van der Waals surface area contributed by atoms with Crippen LogP contribution in [0.1, 0.15) is 24.3 Å². The van der Waals surface area contributed by atoms with Crippen molar-refractivity contribution in [2.75, 3.05) is 25.1 Å². The van der Waals surface area contributed by atoms with Gasteiger partial charge in [-0.05, 0) is 26.0 Å². The summed E-state index contributed by atoms with van der Waals surface area (Å²) in [6.07, 6.45) is 0. The fourth-order valence-corrected chi connectivity index (χ4v) is 2.04. The second-order valence-electron chi connectivity index (χ2n) is 4.90. The smallest absolute Gasteiger partial charge is 0.360 e. The van der Waals surface area contributed by atoms with E-state index in [2.05, 4.69) is 10.4 Å². The van der Waals surface area contributed by atoms with E-state index in [0.717, 1.165) is 10.7 Å². The number of amides is 1. The second kappa shape index (κ2) is 8.74. The van der Waals surface area contributed by atoms with Gasteiger partial charge in [-0.25, -0.2) is 4.79 Å². The first-order valence-corrected chi connectivity index (χ1v) is 7.81. The molecule has 0 unspecified atom stereocenters. The molecule has 8 nitrogen and oxygen atoms in total. The average Bonchev–Trinajstić information content (AvgIpc) is 2.61. The molecule has 8 heteroatoms. The Morgan fingerprint density at radius 1 is 1.16 bits per heavy atom. The molecule has 0 radical (unpaired) electrons. The number of carbonyl (C=O) groups is 2. The third-order valence-electron chi connectivity index (χ3n) is 3.11. The number of rotatable bonds is 7. The first-order chi connectivity index (χ1) is 12.1. The van der Waals surface area contributed by atoms with Gasteiger partial charge in [0, 0.05) is 12.7 Å². The fraction of sp³-hybridized carbons (Fsp3) is 0.294. The third kappa shape index (κ3) is 4.74. The van der Waals surface area contributed by atoms with Crippen LogP contribution in [-0.4, -0.2) is 41.5 Å². The molecule has 1 heterocycles. The normalized spacial score (nSPS) is 10.3. The summed E-state index contributed by atoms with van der Waals surface area (Å²) in [6.45, 7) is 3.71. The molecule has 25 heavy (non-hydrogen) atoms. The van der Waals surface area contributed by atoms with Crippen molar-refractivity contribution in [1.82, 2.24) is 9.78 Å². The maximum atomic E-state index is 12.3. The highest BCUT2D eigenvalue weighted by Gasteiger charge is 2.20. The zero-order valence-electron chi connectivity index (χ0n) is 14.0. The van der Waals surface area contributed by atoms with E-state index < -0.39 is 17.4 Å². The quantitative estimate of drug-likeness (QED) is 0.761. The van der Waals surface area contributed by atoms with E-state index in [4.69, 9.17) is 9.47 Å².